The Bertz CT molecular complexity index is 813. The molecule has 0 bridgehead atoms. The van der Waals surface area contributed by atoms with Gasteiger partial charge in [-0.25, -0.2) is 0 Å². The van der Waals surface area contributed by atoms with Crippen molar-refractivity contribution >= 4 is 21.8 Å². The Morgan fingerprint density at radius 1 is 1.08 bits per heavy atom. The van der Waals surface area contributed by atoms with E-state index in [1.54, 1.807) is 24.5 Å². The maximum Gasteiger partial charge on any atom is 0.252 e. The normalized spacial score (nSPS) is 11.9. The third-order valence-electron chi connectivity index (χ3n) is 3.68. The van der Waals surface area contributed by atoms with Crippen molar-refractivity contribution in [3.63, 3.8) is 0 Å². The zero-order chi connectivity index (χ0) is 16.9. The Labute approximate surface area is 148 Å². The van der Waals surface area contributed by atoms with Crippen molar-refractivity contribution < 1.29 is 14.3 Å². The highest BCUT2D eigenvalue weighted by molar-refractivity contribution is 9.10. The summed E-state index contributed by atoms with van der Waals surface area (Å²) in [6, 6.07) is 18.3. The van der Waals surface area contributed by atoms with Crippen LogP contribution in [0.2, 0.25) is 0 Å². The summed E-state index contributed by atoms with van der Waals surface area (Å²) in [5, 5.41) is 13.0. The number of amides is 1. The molecule has 0 spiro atoms. The molecular formula is C19H16BrNO3. The first-order chi connectivity index (χ1) is 11.6. The molecule has 3 aromatic rings. The molecule has 122 valence electrons. The lowest BCUT2D eigenvalue weighted by Crippen LogP contribution is -2.28. The van der Waals surface area contributed by atoms with Gasteiger partial charge in [-0.05, 0) is 45.8 Å². The molecular weight excluding hydrogens is 370 g/mol. The first-order valence-corrected chi connectivity index (χ1v) is 8.29. The molecule has 1 heterocycles. The number of carbonyl (C=O) groups excluding carboxylic acids is 1. The van der Waals surface area contributed by atoms with Crippen LogP contribution in [0.5, 0.6) is 0 Å². The standard InChI is InChI=1S/C19H16BrNO3/c20-16-5-2-1-4-15(16)19(23)21-12-17(22)13-7-9-14(10-8-13)18-6-3-11-24-18/h1-11,17,22H,12H2,(H,21,23)/t17-/m0/s1. The van der Waals surface area contributed by atoms with Gasteiger partial charge >= 0.3 is 0 Å². The van der Waals surface area contributed by atoms with Crippen LogP contribution in [0.4, 0.5) is 0 Å². The lowest BCUT2D eigenvalue weighted by atomic mass is 10.1. The molecule has 1 aromatic heterocycles. The first-order valence-electron chi connectivity index (χ1n) is 7.50. The van der Waals surface area contributed by atoms with E-state index in [4.69, 9.17) is 4.42 Å². The van der Waals surface area contributed by atoms with Gasteiger partial charge in [-0.3, -0.25) is 4.79 Å². The van der Waals surface area contributed by atoms with Gasteiger partial charge in [0.1, 0.15) is 5.76 Å². The molecule has 2 aromatic carbocycles. The molecule has 24 heavy (non-hydrogen) atoms. The number of hydrogen-bond donors (Lipinski definition) is 2. The Morgan fingerprint density at radius 2 is 1.83 bits per heavy atom. The molecule has 0 fully saturated rings. The number of furan rings is 1. The van der Waals surface area contributed by atoms with Crippen molar-refractivity contribution in [2.75, 3.05) is 6.54 Å². The fourth-order valence-electron chi connectivity index (χ4n) is 2.36. The van der Waals surface area contributed by atoms with E-state index in [9.17, 15) is 9.90 Å². The first kappa shape index (κ1) is 16.5. The van der Waals surface area contributed by atoms with Crippen LogP contribution in [0.1, 0.15) is 22.0 Å². The van der Waals surface area contributed by atoms with E-state index in [1.807, 2.05) is 42.5 Å². The predicted molar refractivity (Wildman–Crippen MR) is 95.6 cm³/mol. The third kappa shape index (κ3) is 3.75. The lowest BCUT2D eigenvalue weighted by Gasteiger charge is -2.13. The number of hydrogen-bond acceptors (Lipinski definition) is 3. The molecule has 0 radical (unpaired) electrons. The van der Waals surface area contributed by atoms with Crippen LogP contribution < -0.4 is 5.32 Å². The van der Waals surface area contributed by atoms with Crippen LogP contribution >= 0.6 is 15.9 Å². The molecule has 0 aliphatic heterocycles. The Balaban J connectivity index is 1.62. The van der Waals surface area contributed by atoms with Gasteiger partial charge in [0.05, 0.1) is 17.9 Å². The number of nitrogens with one attached hydrogen (secondary N) is 1. The van der Waals surface area contributed by atoms with E-state index in [0.717, 1.165) is 21.4 Å². The molecule has 0 unspecified atom stereocenters. The minimum atomic E-state index is -0.776. The van der Waals surface area contributed by atoms with Crippen LogP contribution in [0.15, 0.2) is 75.8 Å². The second-order valence-corrected chi connectivity index (χ2v) is 6.16. The highest BCUT2D eigenvalue weighted by Gasteiger charge is 2.13. The highest BCUT2D eigenvalue weighted by atomic mass is 79.9. The summed E-state index contributed by atoms with van der Waals surface area (Å²) in [5.74, 6) is 0.548. The average molecular weight is 386 g/mol. The summed E-state index contributed by atoms with van der Waals surface area (Å²) >= 11 is 3.34. The topological polar surface area (TPSA) is 62.5 Å². The summed E-state index contributed by atoms with van der Waals surface area (Å²) in [7, 11) is 0. The summed E-state index contributed by atoms with van der Waals surface area (Å²) in [5.41, 5.74) is 2.21. The van der Waals surface area contributed by atoms with Gasteiger partial charge in [-0.15, -0.1) is 0 Å². The summed E-state index contributed by atoms with van der Waals surface area (Å²) in [6.45, 7) is 0.139. The fourth-order valence-corrected chi connectivity index (χ4v) is 2.82. The predicted octanol–water partition coefficient (Wildman–Crippen LogP) is 4.17. The molecule has 0 saturated heterocycles. The average Bonchev–Trinajstić information content (AvgIpc) is 3.14. The summed E-state index contributed by atoms with van der Waals surface area (Å²) in [4.78, 5) is 12.1. The van der Waals surface area contributed by atoms with Gasteiger partial charge in [0.15, 0.2) is 0 Å². The van der Waals surface area contributed by atoms with Gasteiger partial charge in [-0.1, -0.05) is 36.4 Å². The van der Waals surface area contributed by atoms with Crippen molar-refractivity contribution in [3.05, 3.63) is 82.5 Å². The Hall–Kier alpha value is -2.37. The highest BCUT2D eigenvalue weighted by Crippen LogP contribution is 2.22. The second-order valence-electron chi connectivity index (χ2n) is 5.30. The van der Waals surface area contributed by atoms with E-state index in [1.165, 1.54) is 0 Å². The molecule has 4 nitrogen and oxygen atoms in total. The molecule has 0 aliphatic carbocycles. The number of rotatable bonds is 5. The zero-order valence-electron chi connectivity index (χ0n) is 12.8. The van der Waals surface area contributed by atoms with Gasteiger partial charge in [0.25, 0.3) is 5.91 Å². The van der Waals surface area contributed by atoms with E-state index < -0.39 is 6.10 Å². The maximum absolute atomic E-state index is 12.1. The SMILES string of the molecule is O=C(NC[C@H](O)c1ccc(-c2ccco2)cc1)c1ccccc1Br. The number of carbonyl (C=O) groups is 1. The van der Waals surface area contributed by atoms with Crippen LogP contribution in [0, 0.1) is 0 Å². The molecule has 0 saturated carbocycles. The second kappa shape index (κ2) is 7.47. The van der Waals surface area contributed by atoms with Crippen molar-refractivity contribution in [2.24, 2.45) is 0 Å². The zero-order valence-corrected chi connectivity index (χ0v) is 14.4. The number of halogens is 1. The van der Waals surface area contributed by atoms with Gasteiger partial charge in [-0.2, -0.15) is 0 Å². The van der Waals surface area contributed by atoms with Gasteiger partial charge in [0.2, 0.25) is 0 Å². The Morgan fingerprint density at radius 3 is 2.50 bits per heavy atom. The number of aliphatic hydroxyl groups excluding tert-OH is 1. The summed E-state index contributed by atoms with van der Waals surface area (Å²) in [6.07, 6.45) is 0.845. The van der Waals surface area contributed by atoms with E-state index >= 15 is 0 Å². The molecule has 2 N–H and O–H groups in total. The number of aliphatic hydroxyl groups is 1. The molecule has 5 heteroatoms. The van der Waals surface area contributed by atoms with Crippen molar-refractivity contribution in [2.45, 2.75) is 6.10 Å². The Kier molecular flexibility index (Phi) is 5.13. The lowest BCUT2D eigenvalue weighted by molar-refractivity contribution is 0.0915. The molecule has 0 aliphatic rings. The van der Waals surface area contributed by atoms with Gasteiger partial charge in [0, 0.05) is 16.6 Å². The minimum Gasteiger partial charge on any atom is -0.464 e. The van der Waals surface area contributed by atoms with Crippen molar-refractivity contribution in [1.29, 1.82) is 0 Å². The van der Waals surface area contributed by atoms with E-state index in [-0.39, 0.29) is 12.5 Å². The van der Waals surface area contributed by atoms with Crippen LogP contribution in [-0.2, 0) is 0 Å². The van der Waals surface area contributed by atoms with Crippen LogP contribution in [0.3, 0.4) is 0 Å². The fraction of sp³-hybridized carbons (Fsp3) is 0.105. The summed E-state index contributed by atoms with van der Waals surface area (Å²) < 4.78 is 6.06. The number of benzene rings is 2. The quantitative estimate of drug-likeness (QED) is 0.692. The maximum atomic E-state index is 12.1. The van der Waals surface area contributed by atoms with E-state index in [2.05, 4.69) is 21.2 Å². The largest absolute Gasteiger partial charge is 0.464 e. The van der Waals surface area contributed by atoms with Crippen molar-refractivity contribution in [1.82, 2.24) is 5.32 Å². The third-order valence-corrected chi connectivity index (χ3v) is 4.37. The molecule has 1 amide bonds. The molecule has 1 atom stereocenters. The van der Waals surface area contributed by atoms with Crippen LogP contribution in [-0.4, -0.2) is 17.6 Å². The monoisotopic (exact) mass is 385 g/mol. The van der Waals surface area contributed by atoms with Gasteiger partial charge < -0.3 is 14.8 Å². The smallest absolute Gasteiger partial charge is 0.252 e. The van der Waals surface area contributed by atoms with Crippen LogP contribution in [0.25, 0.3) is 11.3 Å². The van der Waals surface area contributed by atoms with Crippen molar-refractivity contribution in [3.8, 4) is 11.3 Å². The molecule has 3 rings (SSSR count). The minimum absolute atomic E-state index is 0.139. The van der Waals surface area contributed by atoms with E-state index in [0.29, 0.717) is 5.56 Å².